The van der Waals surface area contributed by atoms with Crippen LogP contribution in [0.5, 0.6) is 0 Å². The summed E-state index contributed by atoms with van der Waals surface area (Å²) in [6.45, 7) is 7.28. The second kappa shape index (κ2) is 4.74. The molecule has 20 heavy (non-hydrogen) atoms. The number of nitrogens with zero attached hydrogens (tertiary/aromatic N) is 2. The molecule has 5 heteroatoms. The largest absolute Gasteiger partial charge is 0.378 e. The quantitative estimate of drug-likeness (QED) is 0.927. The van der Waals surface area contributed by atoms with E-state index < -0.39 is 0 Å². The average Bonchev–Trinajstić information content (AvgIpc) is 2.69. The summed E-state index contributed by atoms with van der Waals surface area (Å²) >= 11 is 3.48. The van der Waals surface area contributed by atoms with E-state index in [1.807, 2.05) is 19.1 Å². The van der Waals surface area contributed by atoms with Gasteiger partial charge in [-0.3, -0.25) is 0 Å². The fraction of sp³-hybridized carbons (Fsp3) is 0.533. The highest BCUT2D eigenvalue weighted by molar-refractivity contribution is 9.10. The van der Waals surface area contributed by atoms with Crippen molar-refractivity contribution < 1.29 is 4.74 Å². The Labute approximate surface area is 127 Å². The van der Waals surface area contributed by atoms with Crippen LogP contribution >= 0.6 is 15.9 Å². The van der Waals surface area contributed by atoms with Crippen LogP contribution in [0.1, 0.15) is 33.2 Å². The Morgan fingerprint density at radius 1 is 1.50 bits per heavy atom. The topological polar surface area (TPSA) is 53.1 Å². The van der Waals surface area contributed by atoms with E-state index in [9.17, 15) is 0 Å². The number of ether oxygens (including phenoxy) is 1. The molecule has 2 aromatic rings. The van der Waals surface area contributed by atoms with Gasteiger partial charge in [-0.2, -0.15) is 0 Å². The molecule has 1 aliphatic rings. The zero-order chi connectivity index (χ0) is 14.5. The summed E-state index contributed by atoms with van der Waals surface area (Å²) < 4.78 is 9.00. The Morgan fingerprint density at radius 3 is 2.90 bits per heavy atom. The van der Waals surface area contributed by atoms with E-state index in [1.54, 1.807) is 0 Å². The van der Waals surface area contributed by atoms with Crippen molar-refractivity contribution in [2.45, 2.75) is 39.3 Å². The number of rotatable bonds is 3. The van der Waals surface area contributed by atoms with Gasteiger partial charge in [-0.05, 0) is 31.5 Å². The number of hydrogen-bond acceptors (Lipinski definition) is 3. The lowest BCUT2D eigenvalue weighted by atomic mass is 9.64. The predicted molar refractivity (Wildman–Crippen MR) is 84.7 cm³/mol. The highest BCUT2D eigenvalue weighted by Gasteiger charge is 2.50. The number of hydrogen-bond donors (Lipinski definition) is 1. The lowest BCUT2D eigenvalue weighted by molar-refractivity contribution is -0.126. The van der Waals surface area contributed by atoms with Crippen molar-refractivity contribution in [1.29, 1.82) is 0 Å². The molecular weight excluding hydrogens is 318 g/mol. The molecule has 2 N–H and O–H groups in total. The van der Waals surface area contributed by atoms with Crippen molar-refractivity contribution in [2.75, 3.05) is 12.3 Å². The second-order valence-electron chi connectivity index (χ2n) is 5.99. The molecular formula is C15H20BrN3O. The van der Waals surface area contributed by atoms with E-state index in [0.29, 0.717) is 18.1 Å². The fourth-order valence-corrected chi connectivity index (χ4v) is 3.55. The maximum absolute atomic E-state index is 6.15. The number of benzene rings is 1. The SMILES string of the molecule is CCOC1CC(n2c(N)nc3cc(Br)ccc32)C1(C)C. The van der Waals surface area contributed by atoms with Crippen LogP contribution in [0.15, 0.2) is 22.7 Å². The standard InChI is InChI=1S/C15H20BrN3O/c1-4-20-13-8-12(15(13,2)3)19-11-6-5-9(16)7-10(11)18-14(19)17/h5-7,12-13H,4,8H2,1-3H3,(H2,17,18). The summed E-state index contributed by atoms with van der Waals surface area (Å²) in [6.07, 6.45) is 1.29. The van der Waals surface area contributed by atoms with Crippen molar-refractivity contribution in [3.05, 3.63) is 22.7 Å². The minimum Gasteiger partial charge on any atom is -0.378 e. The lowest BCUT2D eigenvalue weighted by Gasteiger charge is -2.52. The molecule has 1 aromatic heterocycles. The molecule has 0 bridgehead atoms. The number of aromatic nitrogens is 2. The van der Waals surface area contributed by atoms with Gasteiger partial charge in [0.25, 0.3) is 0 Å². The van der Waals surface area contributed by atoms with Crippen LogP contribution in [0.3, 0.4) is 0 Å². The molecule has 1 fully saturated rings. The Bertz CT molecular complexity index is 650. The van der Waals surface area contributed by atoms with Gasteiger partial charge in [-0.15, -0.1) is 0 Å². The monoisotopic (exact) mass is 337 g/mol. The Balaban J connectivity index is 2.02. The summed E-state index contributed by atoms with van der Waals surface area (Å²) in [4.78, 5) is 4.48. The highest BCUT2D eigenvalue weighted by Crippen LogP contribution is 2.52. The lowest BCUT2D eigenvalue weighted by Crippen LogP contribution is -2.51. The van der Waals surface area contributed by atoms with Crippen LogP contribution in [0.2, 0.25) is 0 Å². The summed E-state index contributed by atoms with van der Waals surface area (Å²) in [6, 6.07) is 6.46. The first-order valence-corrected chi connectivity index (χ1v) is 7.79. The Morgan fingerprint density at radius 2 is 2.25 bits per heavy atom. The van der Waals surface area contributed by atoms with Crippen molar-refractivity contribution in [3.8, 4) is 0 Å². The van der Waals surface area contributed by atoms with Gasteiger partial charge in [0.05, 0.1) is 17.1 Å². The predicted octanol–water partition coefficient (Wildman–Crippen LogP) is 3.76. The van der Waals surface area contributed by atoms with E-state index in [1.165, 1.54) is 0 Å². The van der Waals surface area contributed by atoms with Gasteiger partial charge in [-0.25, -0.2) is 4.98 Å². The zero-order valence-corrected chi connectivity index (χ0v) is 13.6. The van der Waals surface area contributed by atoms with Gasteiger partial charge in [0.2, 0.25) is 5.95 Å². The smallest absolute Gasteiger partial charge is 0.201 e. The number of nitrogen functional groups attached to an aromatic ring is 1. The van der Waals surface area contributed by atoms with E-state index in [2.05, 4.69) is 45.4 Å². The van der Waals surface area contributed by atoms with Gasteiger partial charge in [0.1, 0.15) is 0 Å². The zero-order valence-electron chi connectivity index (χ0n) is 12.1. The Kier molecular flexibility index (Phi) is 3.29. The third-order valence-electron chi connectivity index (χ3n) is 4.48. The fourth-order valence-electron chi connectivity index (χ4n) is 3.20. The van der Waals surface area contributed by atoms with E-state index in [-0.39, 0.29) is 5.41 Å². The number of imidazole rings is 1. The molecule has 108 valence electrons. The summed E-state index contributed by atoms with van der Waals surface area (Å²) in [5.74, 6) is 0.589. The summed E-state index contributed by atoms with van der Waals surface area (Å²) in [5, 5.41) is 0. The molecule has 3 rings (SSSR count). The highest BCUT2D eigenvalue weighted by atomic mass is 79.9. The molecule has 0 spiro atoms. The molecule has 1 heterocycles. The van der Waals surface area contributed by atoms with Gasteiger partial charge < -0.3 is 15.0 Å². The molecule has 2 atom stereocenters. The number of halogens is 1. The van der Waals surface area contributed by atoms with Crippen LogP contribution < -0.4 is 5.73 Å². The minimum absolute atomic E-state index is 0.0742. The van der Waals surface area contributed by atoms with E-state index in [4.69, 9.17) is 10.5 Å². The second-order valence-corrected chi connectivity index (χ2v) is 6.91. The minimum atomic E-state index is 0.0742. The molecule has 0 amide bonds. The summed E-state index contributed by atoms with van der Waals surface area (Å²) in [7, 11) is 0. The number of anilines is 1. The molecule has 1 saturated carbocycles. The number of fused-ring (bicyclic) bond motifs is 1. The van der Waals surface area contributed by atoms with Gasteiger partial charge >= 0.3 is 0 Å². The molecule has 1 aromatic carbocycles. The molecule has 1 aliphatic carbocycles. The molecule has 0 aliphatic heterocycles. The van der Waals surface area contributed by atoms with Crippen LogP contribution in [-0.2, 0) is 4.74 Å². The third-order valence-corrected chi connectivity index (χ3v) is 4.98. The van der Waals surface area contributed by atoms with E-state index in [0.717, 1.165) is 28.5 Å². The van der Waals surface area contributed by atoms with Gasteiger partial charge in [0.15, 0.2) is 0 Å². The van der Waals surface area contributed by atoms with Crippen LogP contribution in [0.4, 0.5) is 5.95 Å². The first-order valence-electron chi connectivity index (χ1n) is 6.99. The number of nitrogens with two attached hydrogens (primary N) is 1. The maximum Gasteiger partial charge on any atom is 0.201 e. The third kappa shape index (κ3) is 1.95. The molecule has 0 saturated heterocycles. The molecule has 2 unspecified atom stereocenters. The molecule has 0 radical (unpaired) electrons. The van der Waals surface area contributed by atoms with Crippen LogP contribution in [-0.4, -0.2) is 22.3 Å². The van der Waals surface area contributed by atoms with E-state index >= 15 is 0 Å². The summed E-state index contributed by atoms with van der Waals surface area (Å²) in [5.41, 5.74) is 8.26. The maximum atomic E-state index is 6.15. The van der Waals surface area contributed by atoms with Crippen molar-refractivity contribution in [1.82, 2.24) is 9.55 Å². The van der Waals surface area contributed by atoms with Crippen molar-refractivity contribution in [3.63, 3.8) is 0 Å². The van der Waals surface area contributed by atoms with Crippen molar-refractivity contribution >= 4 is 32.9 Å². The van der Waals surface area contributed by atoms with Crippen LogP contribution in [0, 0.1) is 5.41 Å². The normalized spacial score (nSPS) is 24.8. The first kappa shape index (κ1) is 13.9. The Hall–Kier alpha value is -1.07. The van der Waals surface area contributed by atoms with Gasteiger partial charge in [-0.1, -0.05) is 29.8 Å². The van der Waals surface area contributed by atoms with Crippen molar-refractivity contribution in [2.24, 2.45) is 5.41 Å². The molecule has 4 nitrogen and oxygen atoms in total. The first-order chi connectivity index (χ1) is 9.45. The van der Waals surface area contributed by atoms with Crippen LogP contribution in [0.25, 0.3) is 11.0 Å². The van der Waals surface area contributed by atoms with Gasteiger partial charge in [0, 0.05) is 22.5 Å². The average molecular weight is 338 g/mol.